The van der Waals surface area contributed by atoms with Crippen molar-refractivity contribution in [3.63, 3.8) is 0 Å². The lowest BCUT2D eigenvalue weighted by Crippen LogP contribution is -2.43. The maximum absolute atomic E-state index is 12.6. The molecule has 0 bridgehead atoms. The molecule has 1 aromatic carbocycles. The van der Waals surface area contributed by atoms with Crippen LogP contribution in [0.15, 0.2) is 48.8 Å². The van der Waals surface area contributed by atoms with Gasteiger partial charge in [0.25, 0.3) is 0 Å². The monoisotopic (exact) mass is 378 g/mol. The molecule has 0 radical (unpaired) electrons. The number of aromatic nitrogens is 4. The Bertz CT molecular complexity index is 917. The van der Waals surface area contributed by atoms with E-state index in [9.17, 15) is 4.79 Å². The molecule has 1 fully saturated rings. The van der Waals surface area contributed by atoms with Gasteiger partial charge >= 0.3 is 0 Å². The number of nitrogens with zero attached hydrogens (tertiary/aromatic N) is 5. The highest BCUT2D eigenvalue weighted by molar-refractivity contribution is 5.79. The topological polar surface area (TPSA) is 75.4 Å². The van der Waals surface area contributed by atoms with Gasteiger partial charge in [-0.2, -0.15) is 4.52 Å². The van der Waals surface area contributed by atoms with Gasteiger partial charge in [0.15, 0.2) is 5.65 Å². The van der Waals surface area contributed by atoms with E-state index >= 15 is 0 Å². The number of nitrogens with one attached hydrogen (secondary N) is 1. The van der Waals surface area contributed by atoms with Crippen molar-refractivity contribution < 1.29 is 4.79 Å². The predicted octanol–water partition coefficient (Wildman–Crippen LogP) is 2.48. The van der Waals surface area contributed by atoms with Gasteiger partial charge in [-0.15, -0.1) is 15.3 Å². The first kappa shape index (κ1) is 18.4. The number of carbonyl (C=O) groups is 1. The van der Waals surface area contributed by atoms with Crippen LogP contribution in [0.5, 0.6) is 0 Å². The molecule has 1 atom stereocenters. The SMILES string of the molecule is CC(CCc1ccccc1)NC(=O)C1CCN(c2ccc3nncn3n2)CC1. The zero-order chi connectivity index (χ0) is 19.3. The zero-order valence-electron chi connectivity index (χ0n) is 16.2. The summed E-state index contributed by atoms with van der Waals surface area (Å²) in [5.74, 6) is 1.17. The number of rotatable bonds is 6. The van der Waals surface area contributed by atoms with Gasteiger partial charge < -0.3 is 10.2 Å². The van der Waals surface area contributed by atoms with Gasteiger partial charge in [-0.3, -0.25) is 4.79 Å². The van der Waals surface area contributed by atoms with Crippen molar-refractivity contribution in [3.05, 3.63) is 54.4 Å². The lowest BCUT2D eigenvalue weighted by Gasteiger charge is -2.32. The Morgan fingerprint density at radius 3 is 2.75 bits per heavy atom. The summed E-state index contributed by atoms with van der Waals surface area (Å²) in [4.78, 5) is 14.9. The molecular formula is C21H26N6O. The van der Waals surface area contributed by atoms with Gasteiger partial charge in [0.1, 0.15) is 12.1 Å². The minimum atomic E-state index is 0.0778. The maximum atomic E-state index is 12.6. The Morgan fingerprint density at radius 2 is 1.96 bits per heavy atom. The summed E-state index contributed by atoms with van der Waals surface area (Å²) in [6.45, 7) is 3.75. The molecule has 3 aromatic rings. The minimum Gasteiger partial charge on any atom is -0.355 e. The molecule has 146 valence electrons. The van der Waals surface area contributed by atoms with Crippen LogP contribution in [0, 0.1) is 5.92 Å². The molecule has 1 aliphatic heterocycles. The first-order valence-electron chi connectivity index (χ1n) is 9.95. The van der Waals surface area contributed by atoms with E-state index in [-0.39, 0.29) is 17.9 Å². The van der Waals surface area contributed by atoms with Crippen LogP contribution in [0.4, 0.5) is 5.82 Å². The van der Waals surface area contributed by atoms with Crippen molar-refractivity contribution in [3.8, 4) is 0 Å². The summed E-state index contributed by atoms with van der Waals surface area (Å²) >= 11 is 0. The first-order valence-corrected chi connectivity index (χ1v) is 9.95. The van der Waals surface area contributed by atoms with Gasteiger partial charge in [-0.05, 0) is 50.3 Å². The van der Waals surface area contributed by atoms with Gasteiger partial charge in [0, 0.05) is 25.0 Å². The second-order valence-corrected chi connectivity index (χ2v) is 7.52. The molecule has 1 N–H and O–H groups in total. The molecule has 4 rings (SSSR count). The normalized spacial score (nSPS) is 16.2. The highest BCUT2D eigenvalue weighted by atomic mass is 16.1. The summed E-state index contributed by atoms with van der Waals surface area (Å²) in [7, 11) is 0. The van der Waals surface area contributed by atoms with Crippen molar-refractivity contribution in [1.29, 1.82) is 0 Å². The highest BCUT2D eigenvalue weighted by Gasteiger charge is 2.26. The standard InChI is InChI=1S/C21H26N6O/c1-16(7-8-17-5-3-2-4-6-17)23-21(28)18-11-13-26(14-12-18)20-10-9-19-24-22-15-27(19)25-20/h2-6,9-10,15-16,18H,7-8,11-14H2,1H3,(H,23,28). The average molecular weight is 378 g/mol. The number of fused-ring (bicyclic) bond motifs is 1. The van der Waals surface area contributed by atoms with Crippen molar-refractivity contribution in [2.45, 2.75) is 38.6 Å². The molecule has 28 heavy (non-hydrogen) atoms. The number of carbonyl (C=O) groups excluding carboxylic acids is 1. The molecule has 2 aromatic heterocycles. The number of aryl methyl sites for hydroxylation is 1. The molecule has 0 spiro atoms. The van der Waals surface area contributed by atoms with E-state index in [2.05, 4.69) is 56.7 Å². The van der Waals surface area contributed by atoms with E-state index in [4.69, 9.17) is 0 Å². The van der Waals surface area contributed by atoms with Crippen molar-refractivity contribution >= 4 is 17.4 Å². The van der Waals surface area contributed by atoms with E-state index in [1.807, 2.05) is 18.2 Å². The van der Waals surface area contributed by atoms with Crippen LogP contribution < -0.4 is 10.2 Å². The summed E-state index contributed by atoms with van der Waals surface area (Å²) in [6, 6.07) is 14.5. The number of anilines is 1. The summed E-state index contributed by atoms with van der Waals surface area (Å²) in [5.41, 5.74) is 2.05. The Hall–Kier alpha value is -2.96. The van der Waals surface area contributed by atoms with Crippen molar-refractivity contribution in [2.24, 2.45) is 5.92 Å². The zero-order valence-corrected chi connectivity index (χ0v) is 16.2. The fourth-order valence-corrected chi connectivity index (χ4v) is 3.72. The molecule has 7 nitrogen and oxygen atoms in total. The molecular weight excluding hydrogens is 352 g/mol. The minimum absolute atomic E-state index is 0.0778. The maximum Gasteiger partial charge on any atom is 0.223 e. The number of hydrogen-bond donors (Lipinski definition) is 1. The van der Waals surface area contributed by atoms with Gasteiger partial charge in [0.2, 0.25) is 5.91 Å². The molecule has 0 aliphatic carbocycles. The van der Waals surface area contributed by atoms with Crippen LogP contribution in [0.1, 0.15) is 31.7 Å². The predicted molar refractivity (Wildman–Crippen MR) is 108 cm³/mol. The molecule has 7 heteroatoms. The Labute approximate surface area is 164 Å². The van der Waals surface area contributed by atoms with E-state index in [0.717, 1.165) is 50.2 Å². The van der Waals surface area contributed by atoms with Crippen LogP contribution in [0.2, 0.25) is 0 Å². The number of hydrogen-bond acceptors (Lipinski definition) is 5. The first-order chi connectivity index (χ1) is 13.7. The molecule has 1 unspecified atom stereocenters. The van der Waals surface area contributed by atoms with Gasteiger partial charge in [-0.25, -0.2) is 0 Å². The van der Waals surface area contributed by atoms with Crippen LogP contribution in [0.3, 0.4) is 0 Å². The Morgan fingerprint density at radius 1 is 1.18 bits per heavy atom. The number of benzene rings is 1. The third kappa shape index (κ3) is 4.30. The second kappa shape index (κ2) is 8.37. The van der Waals surface area contributed by atoms with E-state index in [1.165, 1.54) is 5.56 Å². The smallest absolute Gasteiger partial charge is 0.223 e. The second-order valence-electron chi connectivity index (χ2n) is 7.52. The number of piperidine rings is 1. The highest BCUT2D eigenvalue weighted by Crippen LogP contribution is 2.22. The average Bonchev–Trinajstić information content (AvgIpc) is 3.21. The van der Waals surface area contributed by atoms with Crippen molar-refractivity contribution in [2.75, 3.05) is 18.0 Å². The quantitative estimate of drug-likeness (QED) is 0.713. The van der Waals surface area contributed by atoms with Crippen LogP contribution in [0.25, 0.3) is 5.65 Å². The van der Waals surface area contributed by atoms with E-state index < -0.39 is 0 Å². The Kier molecular flexibility index (Phi) is 5.50. The van der Waals surface area contributed by atoms with E-state index in [0.29, 0.717) is 0 Å². The lowest BCUT2D eigenvalue weighted by molar-refractivity contribution is -0.126. The fraction of sp³-hybridized carbons (Fsp3) is 0.429. The molecule has 3 heterocycles. The van der Waals surface area contributed by atoms with Crippen LogP contribution >= 0.6 is 0 Å². The van der Waals surface area contributed by atoms with Crippen LogP contribution in [-0.2, 0) is 11.2 Å². The molecule has 1 saturated heterocycles. The van der Waals surface area contributed by atoms with Crippen molar-refractivity contribution in [1.82, 2.24) is 25.1 Å². The van der Waals surface area contributed by atoms with Gasteiger partial charge in [0.05, 0.1) is 0 Å². The Balaban J connectivity index is 1.25. The third-order valence-electron chi connectivity index (χ3n) is 5.43. The molecule has 1 aliphatic rings. The van der Waals surface area contributed by atoms with E-state index in [1.54, 1.807) is 10.8 Å². The largest absolute Gasteiger partial charge is 0.355 e. The fourth-order valence-electron chi connectivity index (χ4n) is 3.72. The summed E-state index contributed by atoms with van der Waals surface area (Å²) in [5, 5.41) is 15.6. The third-order valence-corrected chi connectivity index (χ3v) is 5.43. The molecule has 0 saturated carbocycles. The molecule has 1 amide bonds. The lowest BCUT2D eigenvalue weighted by atomic mass is 9.95. The number of amides is 1. The van der Waals surface area contributed by atoms with Crippen LogP contribution in [-0.4, -0.2) is 44.8 Å². The summed E-state index contributed by atoms with van der Waals surface area (Å²) in [6.07, 6.45) is 5.24. The summed E-state index contributed by atoms with van der Waals surface area (Å²) < 4.78 is 1.68. The van der Waals surface area contributed by atoms with Gasteiger partial charge in [-0.1, -0.05) is 30.3 Å².